The lowest BCUT2D eigenvalue weighted by Gasteiger charge is -2.08. The van der Waals surface area contributed by atoms with Crippen molar-refractivity contribution in [2.45, 2.75) is 19.5 Å². The molecule has 5 aromatic rings. The number of hydrogen-bond acceptors (Lipinski definition) is 3. The first-order valence-electron chi connectivity index (χ1n) is 11.0. The molecule has 1 N–H and O–H groups in total. The van der Waals surface area contributed by atoms with E-state index >= 15 is 0 Å². The molecule has 0 spiro atoms. The third-order valence-corrected chi connectivity index (χ3v) is 5.62. The third-order valence-electron chi connectivity index (χ3n) is 5.62. The molecule has 0 saturated carbocycles. The summed E-state index contributed by atoms with van der Waals surface area (Å²) in [5, 5.41) is 8.95. The third kappa shape index (κ3) is 4.83. The Hall–Kier alpha value is -4.25. The van der Waals surface area contributed by atoms with Gasteiger partial charge in [-0.15, -0.1) is 0 Å². The monoisotopic (exact) mass is 432 g/mol. The Morgan fingerprint density at radius 2 is 1.58 bits per heavy atom. The molecule has 5 nitrogen and oxygen atoms in total. The number of pyridine rings is 1. The summed E-state index contributed by atoms with van der Waals surface area (Å²) in [6.07, 6.45) is 4.07. The molecule has 0 atom stereocenters. The summed E-state index contributed by atoms with van der Waals surface area (Å²) < 4.78 is 1.94. The molecule has 0 fully saturated rings. The molecule has 0 bridgehead atoms. The molecular formula is C28H24N4O. The van der Waals surface area contributed by atoms with E-state index in [0.29, 0.717) is 13.1 Å². The zero-order valence-corrected chi connectivity index (χ0v) is 18.2. The fourth-order valence-electron chi connectivity index (χ4n) is 4.02. The number of carbonyl (C=O) groups is 1. The zero-order valence-electron chi connectivity index (χ0n) is 18.2. The van der Waals surface area contributed by atoms with E-state index in [4.69, 9.17) is 5.10 Å². The van der Waals surface area contributed by atoms with Crippen molar-refractivity contribution in [2.75, 3.05) is 0 Å². The van der Waals surface area contributed by atoms with Crippen molar-refractivity contribution in [3.63, 3.8) is 0 Å². The van der Waals surface area contributed by atoms with Gasteiger partial charge in [0.25, 0.3) is 0 Å². The van der Waals surface area contributed by atoms with Gasteiger partial charge in [0.05, 0.1) is 24.2 Å². The zero-order chi connectivity index (χ0) is 22.5. The van der Waals surface area contributed by atoms with Crippen molar-refractivity contribution in [3.8, 4) is 11.3 Å². The molecule has 2 aromatic heterocycles. The number of amides is 1. The Balaban J connectivity index is 1.35. The Morgan fingerprint density at radius 1 is 0.818 bits per heavy atom. The van der Waals surface area contributed by atoms with E-state index in [1.54, 1.807) is 6.20 Å². The Morgan fingerprint density at radius 3 is 2.39 bits per heavy atom. The van der Waals surface area contributed by atoms with Gasteiger partial charge >= 0.3 is 0 Å². The van der Waals surface area contributed by atoms with Crippen molar-refractivity contribution in [2.24, 2.45) is 0 Å². The Bertz CT molecular complexity index is 1370. The molecule has 0 radical (unpaired) electrons. The van der Waals surface area contributed by atoms with Crippen LogP contribution in [0.4, 0.5) is 0 Å². The fraction of sp³-hybridized carbons (Fsp3) is 0.107. The molecule has 5 heteroatoms. The minimum absolute atomic E-state index is 0.0389. The highest BCUT2D eigenvalue weighted by atomic mass is 16.1. The van der Waals surface area contributed by atoms with Crippen LogP contribution in [0.1, 0.15) is 16.7 Å². The number of rotatable bonds is 7. The maximum atomic E-state index is 12.8. The van der Waals surface area contributed by atoms with E-state index in [1.165, 1.54) is 5.56 Å². The van der Waals surface area contributed by atoms with Crippen LogP contribution < -0.4 is 5.32 Å². The van der Waals surface area contributed by atoms with Crippen molar-refractivity contribution in [1.29, 1.82) is 0 Å². The van der Waals surface area contributed by atoms with E-state index in [0.717, 1.165) is 33.3 Å². The van der Waals surface area contributed by atoms with E-state index < -0.39 is 0 Å². The Labute approximate surface area is 192 Å². The molecular weight excluding hydrogens is 408 g/mol. The van der Waals surface area contributed by atoms with Crippen LogP contribution in [0.25, 0.3) is 22.2 Å². The lowest BCUT2D eigenvalue weighted by atomic mass is 10.1. The lowest BCUT2D eigenvalue weighted by molar-refractivity contribution is -0.120. The predicted octanol–water partition coefficient (Wildman–Crippen LogP) is 5.01. The summed E-state index contributed by atoms with van der Waals surface area (Å²) in [6, 6.07) is 30.2. The summed E-state index contributed by atoms with van der Waals surface area (Å²) >= 11 is 0. The van der Waals surface area contributed by atoms with Crippen LogP contribution in [0.15, 0.2) is 103 Å². The first-order chi connectivity index (χ1) is 16.3. The topological polar surface area (TPSA) is 59.8 Å². The highest BCUT2D eigenvalue weighted by molar-refractivity contribution is 5.87. The molecule has 0 aliphatic heterocycles. The van der Waals surface area contributed by atoms with Crippen LogP contribution >= 0.6 is 0 Å². The summed E-state index contributed by atoms with van der Waals surface area (Å²) in [4.78, 5) is 17.3. The van der Waals surface area contributed by atoms with E-state index in [9.17, 15) is 4.79 Å². The smallest absolute Gasteiger partial charge is 0.224 e. The number of carbonyl (C=O) groups excluding carboxylic acids is 1. The van der Waals surface area contributed by atoms with Gasteiger partial charge in [0.15, 0.2) is 0 Å². The van der Waals surface area contributed by atoms with Gasteiger partial charge in [0.1, 0.15) is 0 Å². The van der Waals surface area contributed by atoms with E-state index in [2.05, 4.69) is 22.4 Å². The van der Waals surface area contributed by atoms with Crippen molar-refractivity contribution < 1.29 is 4.79 Å². The van der Waals surface area contributed by atoms with Gasteiger partial charge in [-0.3, -0.25) is 14.5 Å². The van der Waals surface area contributed by atoms with Gasteiger partial charge < -0.3 is 5.32 Å². The second-order valence-electron chi connectivity index (χ2n) is 8.00. The van der Waals surface area contributed by atoms with Crippen LogP contribution in [-0.2, 0) is 24.3 Å². The van der Waals surface area contributed by atoms with Gasteiger partial charge in [-0.2, -0.15) is 5.10 Å². The first kappa shape index (κ1) is 20.6. The molecule has 0 unspecified atom stereocenters. The van der Waals surface area contributed by atoms with Crippen molar-refractivity contribution >= 4 is 16.8 Å². The normalized spacial score (nSPS) is 10.9. The molecule has 5 rings (SSSR count). The molecule has 0 aliphatic rings. The molecule has 2 heterocycles. The van der Waals surface area contributed by atoms with Crippen molar-refractivity contribution in [3.05, 3.63) is 120 Å². The molecule has 33 heavy (non-hydrogen) atoms. The number of aromatic nitrogens is 3. The maximum Gasteiger partial charge on any atom is 0.224 e. The van der Waals surface area contributed by atoms with E-state index in [1.807, 2.05) is 89.7 Å². The molecule has 0 saturated heterocycles. The molecule has 1 amide bonds. The predicted molar refractivity (Wildman–Crippen MR) is 131 cm³/mol. The largest absolute Gasteiger partial charge is 0.352 e. The minimum Gasteiger partial charge on any atom is -0.352 e. The summed E-state index contributed by atoms with van der Waals surface area (Å²) in [5.41, 5.74) is 5.88. The highest BCUT2D eigenvalue weighted by Gasteiger charge is 2.14. The summed E-state index contributed by atoms with van der Waals surface area (Å²) in [6.45, 7) is 1.09. The van der Waals surface area contributed by atoms with Crippen molar-refractivity contribution in [1.82, 2.24) is 20.1 Å². The first-order valence-corrected chi connectivity index (χ1v) is 11.0. The Kier molecular flexibility index (Phi) is 5.93. The average Bonchev–Trinajstić information content (AvgIpc) is 3.27. The fourth-order valence-corrected chi connectivity index (χ4v) is 4.02. The van der Waals surface area contributed by atoms with Crippen LogP contribution in [0.2, 0.25) is 0 Å². The average molecular weight is 433 g/mol. The van der Waals surface area contributed by atoms with Crippen LogP contribution in [0, 0.1) is 0 Å². The van der Waals surface area contributed by atoms with Crippen LogP contribution in [-0.4, -0.2) is 20.7 Å². The second kappa shape index (κ2) is 9.49. The number of fused-ring (bicyclic) bond motifs is 1. The van der Waals surface area contributed by atoms with Crippen LogP contribution in [0.3, 0.4) is 0 Å². The van der Waals surface area contributed by atoms with Gasteiger partial charge in [-0.1, -0.05) is 84.9 Å². The summed E-state index contributed by atoms with van der Waals surface area (Å²) in [5.74, 6) is -0.0389. The molecule has 0 aliphatic carbocycles. The van der Waals surface area contributed by atoms with Gasteiger partial charge in [-0.25, -0.2) is 0 Å². The maximum absolute atomic E-state index is 12.8. The van der Waals surface area contributed by atoms with E-state index in [-0.39, 0.29) is 12.3 Å². The molecule has 162 valence electrons. The molecule has 3 aromatic carbocycles. The quantitative estimate of drug-likeness (QED) is 0.393. The SMILES string of the molecule is O=C(Cc1cccc2cccnc12)NCc1cn(Cc2ccccc2)nc1-c1ccccc1. The number of nitrogens with zero attached hydrogens (tertiary/aromatic N) is 3. The second-order valence-corrected chi connectivity index (χ2v) is 8.00. The highest BCUT2D eigenvalue weighted by Crippen LogP contribution is 2.23. The number of nitrogens with one attached hydrogen (secondary N) is 1. The number of para-hydroxylation sites is 1. The number of benzene rings is 3. The lowest BCUT2D eigenvalue weighted by Crippen LogP contribution is -2.24. The van der Waals surface area contributed by atoms with Gasteiger partial charge in [-0.05, 0) is 17.2 Å². The van der Waals surface area contributed by atoms with Crippen LogP contribution in [0.5, 0.6) is 0 Å². The van der Waals surface area contributed by atoms with Gasteiger partial charge in [0.2, 0.25) is 5.91 Å². The number of hydrogen-bond donors (Lipinski definition) is 1. The summed E-state index contributed by atoms with van der Waals surface area (Å²) in [7, 11) is 0. The minimum atomic E-state index is -0.0389. The standard InChI is InChI=1S/C28H24N4O/c33-26(17-24-14-7-13-22-15-8-16-29-27(22)24)30-18-25-20-32(19-21-9-3-1-4-10-21)31-28(25)23-11-5-2-6-12-23/h1-16,20H,17-19H2,(H,30,33). The van der Waals surface area contributed by atoms with Gasteiger partial charge in [0, 0.05) is 35.5 Å².